The van der Waals surface area contributed by atoms with Crippen molar-refractivity contribution in [2.45, 2.75) is 70.1 Å². The first-order valence-corrected chi connectivity index (χ1v) is 11.3. The van der Waals surface area contributed by atoms with Gasteiger partial charge in [0.2, 0.25) is 5.91 Å². The number of carbonyl (C=O) groups is 2. The third kappa shape index (κ3) is 6.10. The highest BCUT2D eigenvalue weighted by molar-refractivity contribution is 5.94. The van der Waals surface area contributed by atoms with E-state index in [0.717, 1.165) is 24.2 Å². The van der Waals surface area contributed by atoms with Crippen molar-refractivity contribution in [3.63, 3.8) is 0 Å². The number of carbonyl (C=O) groups excluding carboxylic acids is 2. The van der Waals surface area contributed by atoms with Crippen LogP contribution in [0.2, 0.25) is 0 Å². The van der Waals surface area contributed by atoms with Crippen LogP contribution in [0.15, 0.2) is 54.6 Å². The summed E-state index contributed by atoms with van der Waals surface area (Å²) in [7, 11) is 0. The van der Waals surface area contributed by atoms with Crippen molar-refractivity contribution >= 4 is 11.8 Å². The molecule has 0 aromatic heterocycles. The largest absolute Gasteiger partial charge is 0.491 e. The molecule has 0 heterocycles. The summed E-state index contributed by atoms with van der Waals surface area (Å²) in [6.45, 7) is 5.85. The second kappa shape index (κ2) is 10.6. The number of aliphatic hydroxyl groups is 1. The summed E-state index contributed by atoms with van der Waals surface area (Å²) in [5.41, 5.74) is 1.40. The summed E-state index contributed by atoms with van der Waals surface area (Å²) in [5.74, 6) is 0.457. The third-order valence-corrected chi connectivity index (χ3v) is 6.17. The lowest BCUT2D eigenvalue weighted by atomic mass is 9.74. The smallest absolute Gasteiger partial charge is 0.251 e. The average Bonchev–Trinajstić information content (AvgIpc) is 2.92. The molecular weight excluding hydrogens is 404 g/mol. The Balaban J connectivity index is 1.75. The van der Waals surface area contributed by atoms with Gasteiger partial charge in [-0.1, -0.05) is 30.3 Å². The molecule has 1 aliphatic carbocycles. The molecule has 1 saturated carbocycles. The second-order valence-electron chi connectivity index (χ2n) is 8.97. The van der Waals surface area contributed by atoms with Gasteiger partial charge in [0.05, 0.1) is 18.2 Å². The number of amides is 2. The van der Waals surface area contributed by atoms with Crippen LogP contribution in [0.25, 0.3) is 0 Å². The third-order valence-electron chi connectivity index (χ3n) is 6.17. The Morgan fingerprint density at radius 2 is 1.72 bits per heavy atom. The Kier molecular flexibility index (Phi) is 7.91. The van der Waals surface area contributed by atoms with E-state index >= 15 is 0 Å². The molecule has 6 heteroatoms. The van der Waals surface area contributed by atoms with Gasteiger partial charge in [-0.3, -0.25) is 9.59 Å². The molecule has 0 spiro atoms. The van der Waals surface area contributed by atoms with Crippen molar-refractivity contribution in [3.05, 3.63) is 65.7 Å². The van der Waals surface area contributed by atoms with Crippen molar-refractivity contribution < 1.29 is 19.4 Å². The van der Waals surface area contributed by atoms with Gasteiger partial charge in [-0.2, -0.15) is 0 Å². The van der Waals surface area contributed by atoms with Crippen molar-refractivity contribution in [2.24, 2.45) is 0 Å². The van der Waals surface area contributed by atoms with Gasteiger partial charge in [0.25, 0.3) is 5.91 Å². The summed E-state index contributed by atoms with van der Waals surface area (Å²) in [4.78, 5) is 24.5. The van der Waals surface area contributed by atoms with Crippen LogP contribution in [0.1, 0.15) is 62.4 Å². The Bertz CT molecular complexity index is 898. The molecule has 172 valence electrons. The van der Waals surface area contributed by atoms with Crippen LogP contribution in [0.4, 0.5) is 0 Å². The van der Waals surface area contributed by atoms with E-state index in [0.29, 0.717) is 24.9 Å². The topological polar surface area (TPSA) is 87.7 Å². The number of nitrogens with one attached hydrogen (secondary N) is 2. The zero-order valence-electron chi connectivity index (χ0n) is 19.1. The molecule has 3 rings (SSSR count). The minimum Gasteiger partial charge on any atom is -0.491 e. The zero-order chi connectivity index (χ0) is 23.1. The lowest BCUT2D eigenvalue weighted by Crippen LogP contribution is -2.42. The first kappa shape index (κ1) is 23.8. The van der Waals surface area contributed by atoms with E-state index in [2.05, 4.69) is 22.8 Å². The van der Waals surface area contributed by atoms with Crippen LogP contribution in [-0.2, 0) is 10.2 Å². The zero-order valence-corrected chi connectivity index (χ0v) is 19.1. The summed E-state index contributed by atoms with van der Waals surface area (Å²) in [6, 6.07) is 17.0. The number of benzene rings is 2. The predicted octanol–water partition coefficient (Wildman–Crippen LogP) is 3.58. The molecule has 0 bridgehead atoms. The fourth-order valence-corrected chi connectivity index (χ4v) is 4.47. The molecule has 2 aromatic carbocycles. The maximum Gasteiger partial charge on any atom is 0.251 e. The van der Waals surface area contributed by atoms with Crippen LogP contribution >= 0.6 is 0 Å². The highest BCUT2D eigenvalue weighted by atomic mass is 16.5. The van der Waals surface area contributed by atoms with Gasteiger partial charge in [-0.05, 0) is 69.4 Å². The van der Waals surface area contributed by atoms with E-state index in [4.69, 9.17) is 4.74 Å². The van der Waals surface area contributed by atoms with Gasteiger partial charge in [0.15, 0.2) is 0 Å². The van der Waals surface area contributed by atoms with Crippen LogP contribution < -0.4 is 15.4 Å². The number of hydrogen-bond donors (Lipinski definition) is 3. The molecule has 0 unspecified atom stereocenters. The van der Waals surface area contributed by atoms with Gasteiger partial charge < -0.3 is 20.5 Å². The van der Waals surface area contributed by atoms with E-state index in [-0.39, 0.29) is 29.4 Å². The Labute approximate surface area is 190 Å². The molecule has 2 aromatic rings. The molecule has 32 heavy (non-hydrogen) atoms. The normalized spacial score (nSPS) is 23.3. The Hall–Kier alpha value is -2.86. The molecule has 0 aliphatic heterocycles. The van der Waals surface area contributed by atoms with E-state index in [1.54, 1.807) is 12.1 Å². The summed E-state index contributed by atoms with van der Waals surface area (Å²) in [5, 5.41) is 16.6. The van der Waals surface area contributed by atoms with Crippen LogP contribution in [0.3, 0.4) is 0 Å². The quantitative estimate of drug-likeness (QED) is 0.577. The van der Waals surface area contributed by atoms with Crippen molar-refractivity contribution in [1.82, 2.24) is 10.6 Å². The molecule has 3 atom stereocenters. The molecular formula is C26H34N2O4. The highest BCUT2D eigenvalue weighted by Gasteiger charge is 2.38. The fourth-order valence-electron chi connectivity index (χ4n) is 4.47. The molecule has 0 saturated heterocycles. The first-order chi connectivity index (χ1) is 15.3. The molecule has 3 N–H and O–H groups in total. The number of hydrogen-bond acceptors (Lipinski definition) is 4. The Morgan fingerprint density at radius 1 is 1.06 bits per heavy atom. The number of aliphatic hydroxyl groups excluding tert-OH is 1. The van der Waals surface area contributed by atoms with Crippen LogP contribution in [-0.4, -0.2) is 41.7 Å². The van der Waals surface area contributed by atoms with E-state index in [1.165, 1.54) is 6.92 Å². The van der Waals surface area contributed by atoms with E-state index in [1.807, 2.05) is 44.2 Å². The second-order valence-corrected chi connectivity index (χ2v) is 8.97. The van der Waals surface area contributed by atoms with Gasteiger partial charge in [-0.25, -0.2) is 0 Å². The molecule has 6 nitrogen and oxygen atoms in total. The fraction of sp³-hybridized carbons (Fsp3) is 0.462. The monoisotopic (exact) mass is 438 g/mol. The maximum atomic E-state index is 12.9. The lowest BCUT2D eigenvalue weighted by molar-refractivity contribution is -0.120. The molecule has 1 fully saturated rings. The average molecular weight is 439 g/mol. The Morgan fingerprint density at radius 3 is 2.34 bits per heavy atom. The molecule has 2 amide bonds. The van der Waals surface area contributed by atoms with E-state index < -0.39 is 6.10 Å². The number of ether oxygens (including phenoxy) is 1. The molecule has 0 radical (unpaired) electrons. The summed E-state index contributed by atoms with van der Waals surface area (Å²) >= 11 is 0. The SMILES string of the molecule is CC(=O)N[C@H]1CC[C@](CNC(=O)c2ccc(OC(C)C)cc2)(c2ccccc2)CC[C@@H]1O. The number of rotatable bonds is 7. The lowest BCUT2D eigenvalue weighted by Gasteiger charge is -2.34. The predicted molar refractivity (Wildman–Crippen MR) is 125 cm³/mol. The van der Waals surface area contributed by atoms with Gasteiger partial charge in [0.1, 0.15) is 5.75 Å². The van der Waals surface area contributed by atoms with Crippen molar-refractivity contribution in [1.29, 1.82) is 0 Å². The highest BCUT2D eigenvalue weighted by Crippen LogP contribution is 2.38. The van der Waals surface area contributed by atoms with Crippen LogP contribution in [0, 0.1) is 0 Å². The minimum absolute atomic E-state index is 0.0762. The summed E-state index contributed by atoms with van der Waals surface area (Å²) in [6.07, 6.45) is 2.14. The minimum atomic E-state index is -0.603. The van der Waals surface area contributed by atoms with Crippen molar-refractivity contribution in [2.75, 3.05) is 6.54 Å². The van der Waals surface area contributed by atoms with Gasteiger partial charge in [0, 0.05) is 24.4 Å². The molecule has 1 aliphatic rings. The first-order valence-electron chi connectivity index (χ1n) is 11.3. The summed E-state index contributed by atoms with van der Waals surface area (Å²) < 4.78 is 5.65. The van der Waals surface area contributed by atoms with Crippen molar-refractivity contribution in [3.8, 4) is 5.75 Å². The standard InChI is InChI=1S/C26H34N2O4/c1-18(2)32-22-11-9-20(10-12-22)25(31)27-17-26(21-7-5-4-6-8-21)15-13-23(28-19(3)29)24(30)14-16-26/h4-12,18,23-24,30H,13-17H2,1-3H3,(H,27,31)(H,28,29)/t23-,24-,26-/m0/s1. The van der Waals surface area contributed by atoms with Gasteiger partial charge in [-0.15, -0.1) is 0 Å². The maximum absolute atomic E-state index is 12.9. The van der Waals surface area contributed by atoms with Crippen LogP contribution in [0.5, 0.6) is 5.75 Å². The van der Waals surface area contributed by atoms with Gasteiger partial charge >= 0.3 is 0 Å². The van der Waals surface area contributed by atoms with E-state index in [9.17, 15) is 14.7 Å².